The second-order valence-electron chi connectivity index (χ2n) is 5.78. The molecule has 0 aliphatic heterocycles. The van der Waals surface area contributed by atoms with Crippen molar-refractivity contribution in [2.45, 2.75) is 13.3 Å². The molecule has 0 aromatic heterocycles. The van der Waals surface area contributed by atoms with Crippen LogP contribution < -0.4 is 19.5 Å². The lowest BCUT2D eigenvalue weighted by atomic mass is 10.1. The molecule has 0 bridgehead atoms. The number of carbonyl (C=O) groups excluding carboxylic acids is 1. The molecule has 138 valence electrons. The first-order valence-corrected chi connectivity index (χ1v) is 8.39. The molecule has 26 heavy (non-hydrogen) atoms. The van der Waals surface area contributed by atoms with E-state index < -0.39 is 0 Å². The Morgan fingerprint density at radius 1 is 0.962 bits per heavy atom. The number of benzene rings is 2. The maximum atomic E-state index is 12.2. The first kappa shape index (κ1) is 19.4. The summed E-state index contributed by atoms with van der Waals surface area (Å²) in [5, 5.41) is 2.91. The predicted octanol–water partition coefficient (Wildman–Crippen LogP) is 3.47. The van der Waals surface area contributed by atoms with Crippen molar-refractivity contribution < 1.29 is 19.0 Å². The fraction of sp³-hybridized carbons (Fsp3) is 0.286. The molecule has 0 unspecified atom stereocenters. The van der Waals surface area contributed by atoms with Crippen molar-refractivity contribution in [2.75, 3.05) is 27.9 Å². The minimum Gasteiger partial charge on any atom is -0.497 e. The fourth-order valence-electron chi connectivity index (χ4n) is 2.57. The smallest absolute Gasteiger partial charge is 0.244 e. The quantitative estimate of drug-likeness (QED) is 0.737. The van der Waals surface area contributed by atoms with Crippen LogP contribution >= 0.6 is 0 Å². The second-order valence-corrected chi connectivity index (χ2v) is 5.78. The highest BCUT2D eigenvalue weighted by atomic mass is 16.5. The molecule has 2 aromatic carbocycles. The van der Waals surface area contributed by atoms with Gasteiger partial charge in [0, 0.05) is 24.3 Å². The summed E-state index contributed by atoms with van der Waals surface area (Å²) in [7, 11) is 4.84. The van der Waals surface area contributed by atoms with E-state index in [0.717, 1.165) is 28.9 Å². The summed E-state index contributed by atoms with van der Waals surface area (Å²) in [5.41, 5.74) is 2.83. The van der Waals surface area contributed by atoms with Crippen molar-refractivity contribution in [1.82, 2.24) is 5.32 Å². The highest BCUT2D eigenvalue weighted by molar-refractivity contribution is 5.95. The van der Waals surface area contributed by atoms with Crippen molar-refractivity contribution in [2.24, 2.45) is 0 Å². The third-order valence-electron chi connectivity index (χ3n) is 4.05. The second kappa shape index (κ2) is 9.51. The van der Waals surface area contributed by atoms with Gasteiger partial charge in [-0.2, -0.15) is 0 Å². The van der Waals surface area contributed by atoms with E-state index in [2.05, 4.69) is 5.32 Å². The van der Waals surface area contributed by atoms with E-state index in [1.807, 2.05) is 43.3 Å². The molecule has 0 saturated carbocycles. The molecule has 0 saturated heterocycles. The predicted molar refractivity (Wildman–Crippen MR) is 103 cm³/mol. The van der Waals surface area contributed by atoms with Crippen LogP contribution in [0.5, 0.6) is 17.2 Å². The molecule has 1 amide bonds. The van der Waals surface area contributed by atoms with Gasteiger partial charge in [0.15, 0.2) is 0 Å². The fourth-order valence-corrected chi connectivity index (χ4v) is 2.57. The van der Waals surface area contributed by atoms with Crippen LogP contribution in [0, 0.1) is 0 Å². The Kier molecular flexibility index (Phi) is 7.09. The van der Waals surface area contributed by atoms with E-state index in [1.165, 1.54) is 0 Å². The first-order chi connectivity index (χ1) is 12.6. The van der Waals surface area contributed by atoms with E-state index in [1.54, 1.807) is 33.5 Å². The molecule has 0 atom stereocenters. The Morgan fingerprint density at radius 3 is 2.23 bits per heavy atom. The number of hydrogen-bond donors (Lipinski definition) is 1. The highest BCUT2D eigenvalue weighted by Crippen LogP contribution is 2.29. The minimum absolute atomic E-state index is 0.131. The molecule has 2 aromatic rings. The topological polar surface area (TPSA) is 56.8 Å². The summed E-state index contributed by atoms with van der Waals surface area (Å²) in [4.78, 5) is 12.2. The van der Waals surface area contributed by atoms with Crippen LogP contribution in [-0.2, 0) is 11.2 Å². The SMILES string of the molecule is COc1ccc(CCNC(=O)/C=C(\C)c2ccc(OC)cc2OC)cc1. The molecule has 0 heterocycles. The Labute approximate surface area is 154 Å². The summed E-state index contributed by atoms with van der Waals surface area (Å²) in [6, 6.07) is 13.3. The third-order valence-corrected chi connectivity index (χ3v) is 4.05. The third kappa shape index (κ3) is 5.28. The number of hydrogen-bond acceptors (Lipinski definition) is 4. The summed E-state index contributed by atoms with van der Waals surface area (Å²) in [6.07, 6.45) is 2.34. The van der Waals surface area contributed by atoms with Crippen LogP contribution in [0.15, 0.2) is 48.5 Å². The van der Waals surface area contributed by atoms with Crippen molar-refractivity contribution in [3.63, 3.8) is 0 Å². The van der Waals surface area contributed by atoms with Gasteiger partial charge in [0.1, 0.15) is 17.2 Å². The van der Waals surface area contributed by atoms with Crippen LogP contribution in [0.2, 0.25) is 0 Å². The number of carbonyl (C=O) groups is 1. The van der Waals surface area contributed by atoms with E-state index in [0.29, 0.717) is 18.0 Å². The summed E-state index contributed by atoms with van der Waals surface area (Å²) >= 11 is 0. The Morgan fingerprint density at radius 2 is 1.62 bits per heavy atom. The average molecular weight is 355 g/mol. The molecule has 5 nitrogen and oxygen atoms in total. The zero-order valence-electron chi connectivity index (χ0n) is 15.7. The van der Waals surface area contributed by atoms with Crippen molar-refractivity contribution >= 4 is 11.5 Å². The lowest BCUT2D eigenvalue weighted by Crippen LogP contribution is -2.23. The minimum atomic E-state index is -0.131. The number of rotatable bonds is 8. The molecule has 2 rings (SSSR count). The summed E-state index contributed by atoms with van der Waals surface area (Å²) < 4.78 is 15.7. The molecule has 0 aliphatic carbocycles. The monoisotopic (exact) mass is 355 g/mol. The van der Waals surface area contributed by atoms with Gasteiger partial charge in [0.2, 0.25) is 5.91 Å². The molecule has 1 N–H and O–H groups in total. The molecule has 5 heteroatoms. The molecular formula is C21H25NO4. The number of methoxy groups -OCH3 is 3. The van der Waals surface area contributed by atoms with E-state index in [-0.39, 0.29) is 5.91 Å². The zero-order valence-corrected chi connectivity index (χ0v) is 15.7. The largest absolute Gasteiger partial charge is 0.497 e. The zero-order chi connectivity index (χ0) is 18.9. The number of amides is 1. The molecule has 0 spiro atoms. The lowest BCUT2D eigenvalue weighted by molar-refractivity contribution is -0.116. The van der Waals surface area contributed by atoms with Gasteiger partial charge in [-0.05, 0) is 48.7 Å². The van der Waals surface area contributed by atoms with Crippen LogP contribution in [0.1, 0.15) is 18.1 Å². The van der Waals surface area contributed by atoms with E-state index in [9.17, 15) is 4.79 Å². The molecular weight excluding hydrogens is 330 g/mol. The molecule has 0 aliphatic rings. The van der Waals surface area contributed by atoms with Crippen LogP contribution in [0.3, 0.4) is 0 Å². The van der Waals surface area contributed by atoms with Crippen LogP contribution in [0.4, 0.5) is 0 Å². The first-order valence-electron chi connectivity index (χ1n) is 8.39. The highest BCUT2D eigenvalue weighted by Gasteiger charge is 2.08. The van der Waals surface area contributed by atoms with Gasteiger partial charge in [-0.1, -0.05) is 12.1 Å². The van der Waals surface area contributed by atoms with E-state index >= 15 is 0 Å². The van der Waals surface area contributed by atoms with Crippen molar-refractivity contribution in [3.05, 3.63) is 59.7 Å². The molecule has 0 radical (unpaired) electrons. The lowest BCUT2D eigenvalue weighted by Gasteiger charge is -2.11. The van der Waals surface area contributed by atoms with E-state index in [4.69, 9.17) is 14.2 Å². The Hall–Kier alpha value is -2.95. The normalized spacial score (nSPS) is 11.0. The van der Waals surface area contributed by atoms with Gasteiger partial charge >= 0.3 is 0 Å². The van der Waals surface area contributed by atoms with Gasteiger partial charge in [0.25, 0.3) is 0 Å². The van der Waals surface area contributed by atoms with Gasteiger partial charge in [-0.3, -0.25) is 4.79 Å². The summed E-state index contributed by atoms with van der Waals surface area (Å²) in [5.74, 6) is 2.07. The van der Waals surface area contributed by atoms with Crippen LogP contribution in [-0.4, -0.2) is 33.8 Å². The van der Waals surface area contributed by atoms with Gasteiger partial charge in [0.05, 0.1) is 21.3 Å². The van der Waals surface area contributed by atoms with Crippen molar-refractivity contribution in [3.8, 4) is 17.2 Å². The van der Waals surface area contributed by atoms with Gasteiger partial charge in [-0.25, -0.2) is 0 Å². The van der Waals surface area contributed by atoms with Crippen LogP contribution in [0.25, 0.3) is 5.57 Å². The van der Waals surface area contributed by atoms with Crippen molar-refractivity contribution in [1.29, 1.82) is 0 Å². The Balaban J connectivity index is 1.94. The standard InChI is InChI=1S/C21H25NO4/c1-15(19-10-9-18(25-3)14-20(19)26-4)13-21(23)22-12-11-16-5-7-17(24-2)8-6-16/h5-10,13-14H,11-12H2,1-4H3,(H,22,23)/b15-13+. The van der Waals surface area contributed by atoms with Gasteiger partial charge in [-0.15, -0.1) is 0 Å². The van der Waals surface area contributed by atoms with Gasteiger partial charge < -0.3 is 19.5 Å². The maximum absolute atomic E-state index is 12.2. The number of nitrogens with one attached hydrogen (secondary N) is 1. The average Bonchev–Trinajstić information content (AvgIpc) is 2.67. The maximum Gasteiger partial charge on any atom is 0.244 e. The number of allylic oxidation sites excluding steroid dienone is 1. The number of ether oxygens (including phenoxy) is 3. The summed E-state index contributed by atoms with van der Waals surface area (Å²) in [6.45, 7) is 2.45. The molecule has 0 fully saturated rings. The Bertz CT molecular complexity index is 766.